The zero-order chi connectivity index (χ0) is 18.4. The minimum atomic E-state index is -0.160. The maximum atomic E-state index is 11.7. The van der Waals surface area contributed by atoms with Crippen LogP contribution in [0.15, 0.2) is 46.3 Å². The summed E-state index contributed by atoms with van der Waals surface area (Å²) in [5, 5.41) is 3.63. The molecule has 0 spiro atoms. The molecule has 0 aliphatic carbocycles. The lowest BCUT2D eigenvalue weighted by molar-refractivity contribution is 0.815. The van der Waals surface area contributed by atoms with Crippen LogP contribution in [0.3, 0.4) is 0 Å². The molecule has 4 N–H and O–H groups in total. The van der Waals surface area contributed by atoms with Crippen molar-refractivity contribution in [1.29, 1.82) is 0 Å². The average molecular weight is 369 g/mol. The number of nitrogens with zero attached hydrogens (tertiary/aromatic N) is 4. The van der Waals surface area contributed by atoms with Crippen LogP contribution in [-0.4, -0.2) is 24.9 Å². The Labute approximate surface area is 154 Å². The van der Waals surface area contributed by atoms with Gasteiger partial charge >= 0.3 is 0 Å². The van der Waals surface area contributed by atoms with Crippen LogP contribution in [0, 0.1) is 0 Å². The molecule has 0 fully saturated rings. The fourth-order valence-corrected chi connectivity index (χ4v) is 3.03. The molecule has 134 valence electrons. The van der Waals surface area contributed by atoms with E-state index < -0.39 is 0 Å². The summed E-state index contributed by atoms with van der Waals surface area (Å²) in [7, 11) is 0. The quantitative estimate of drug-likeness (QED) is 0.429. The second-order valence-electron chi connectivity index (χ2n) is 5.51. The topological polar surface area (TPSA) is 122 Å². The third kappa shape index (κ3) is 5.03. The largest absolute Gasteiger partial charge is 0.368 e. The van der Waals surface area contributed by atoms with Crippen molar-refractivity contribution in [2.24, 2.45) is 0 Å². The maximum Gasteiger partial charge on any atom is 0.251 e. The summed E-state index contributed by atoms with van der Waals surface area (Å²) in [5.74, 6) is 1.43. The number of thioether (sulfide) groups is 1. The molecule has 0 amide bonds. The number of aromatic nitrogens is 5. The zero-order valence-electron chi connectivity index (χ0n) is 14.3. The fraction of sp³-hybridized carbons (Fsp3) is 0.235. The molecule has 3 rings (SSSR count). The molecule has 1 aromatic carbocycles. The minimum absolute atomic E-state index is 0.134. The van der Waals surface area contributed by atoms with Crippen LogP contribution in [0.25, 0.3) is 0 Å². The molecule has 2 aromatic heterocycles. The number of para-hydroxylation sites is 1. The standard InChI is InChI=1S/C17H19N7OS/c1-2-6-12-9-14(25)23-17(20-12)26-10-13-21-15(18)24-16(22-13)19-11-7-4-3-5-8-11/h3-5,7-9H,2,6,10H2,1H3,(H,20,23,25)(H3,18,19,21,22,24). The minimum Gasteiger partial charge on any atom is -0.368 e. The van der Waals surface area contributed by atoms with Gasteiger partial charge in [-0.25, -0.2) is 4.98 Å². The highest BCUT2D eigenvalue weighted by Gasteiger charge is 2.08. The lowest BCUT2D eigenvalue weighted by Gasteiger charge is -2.07. The summed E-state index contributed by atoms with van der Waals surface area (Å²) in [6.07, 6.45) is 1.69. The van der Waals surface area contributed by atoms with Crippen LogP contribution < -0.4 is 16.6 Å². The van der Waals surface area contributed by atoms with Gasteiger partial charge < -0.3 is 16.0 Å². The van der Waals surface area contributed by atoms with E-state index in [0.29, 0.717) is 22.7 Å². The molecule has 0 radical (unpaired) electrons. The van der Waals surface area contributed by atoms with Crippen molar-refractivity contribution >= 4 is 29.3 Å². The van der Waals surface area contributed by atoms with E-state index in [1.807, 2.05) is 37.3 Å². The predicted molar refractivity (Wildman–Crippen MR) is 102 cm³/mol. The Morgan fingerprint density at radius 2 is 1.96 bits per heavy atom. The molecule has 9 heteroatoms. The van der Waals surface area contributed by atoms with Crippen molar-refractivity contribution in [2.45, 2.75) is 30.7 Å². The number of hydrogen-bond acceptors (Lipinski definition) is 8. The van der Waals surface area contributed by atoms with Gasteiger partial charge in [0.15, 0.2) is 5.16 Å². The van der Waals surface area contributed by atoms with Crippen LogP contribution in [0.1, 0.15) is 24.9 Å². The number of rotatable bonds is 7. The molecule has 0 aliphatic rings. The van der Waals surface area contributed by atoms with Gasteiger partial charge in [-0.15, -0.1) is 0 Å². The second-order valence-corrected chi connectivity index (χ2v) is 6.47. The SMILES string of the molecule is CCCc1cc(=O)[nH]c(SCc2nc(N)nc(Nc3ccccc3)n2)n1. The van der Waals surface area contributed by atoms with Crippen LogP contribution in [0.5, 0.6) is 0 Å². The van der Waals surface area contributed by atoms with Crippen molar-refractivity contribution in [1.82, 2.24) is 24.9 Å². The van der Waals surface area contributed by atoms with Crippen LogP contribution in [-0.2, 0) is 12.2 Å². The average Bonchev–Trinajstić information content (AvgIpc) is 2.60. The van der Waals surface area contributed by atoms with Crippen molar-refractivity contribution in [3.8, 4) is 0 Å². The van der Waals surface area contributed by atoms with Crippen LogP contribution >= 0.6 is 11.8 Å². The number of nitrogens with one attached hydrogen (secondary N) is 2. The molecule has 26 heavy (non-hydrogen) atoms. The van der Waals surface area contributed by atoms with Crippen molar-refractivity contribution in [2.75, 3.05) is 11.1 Å². The number of anilines is 3. The number of benzene rings is 1. The summed E-state index contributed by atoms with van der Waals surface area (Å²) in [5.41, 5.74) is 7.26. The highest BCUT2D eigenvalue weighted by Crippen LogP contribution is 2.19. The number of hydrogen-bond donors (Lipinski definition) is 3. The van der Waals surface area contributed by atoms with E-state index in [2.05, 4.69) is 30.2 Å². The summed E-state index contributed by atoms with van der Waals surface area (Å²) in [6, 6.07) is 11.1. The molecule has 3 aromatic rings. The predicted octanol–water partition coefficient (Wildman–Crippen LogP) is 2.53. The summed E-state index contributed by atoms with van der Waals surface area (Å²) < 4.78 is 0. The Bertz CT molecular complexity index is 930. The Balaban J connectivity index is 1.73. The Morgan fingerprint density at radius 1 is 1.15 bits per heavy atom. The normalized spacial score (nSPS) is 10.7. The molecule has 0 bridgehead atoms. The van der Waals surface area contributed by atoms with Crippen LogP contribution in [0.2, 0.25) is 0 Å². The third-order valence-electron chi connectivity index (χ3n) is 3.35. The lowest BCUT2D eigenvalue weighted by Crippen LogP contribution is -2.10. The van der Waals surface area contributed by atoms with Gasteiger partial charge in [-0.3, -0.25) is 4.79 Å². The Morgan fingerprint density at radius 3 is 2.73 bits per heavy atom. The molecule has 0 atom stereocenters. The van der Waals surface area contributed by atoms with Gasteiger partial charge in [-0.1, -0.05) is 43.3 Å². The van der Waals surface area contributed by atoms with E-state index in [1.54, 1.807) is 0 Å². The first-order chi connectivity index (χ1) is 12.6. The van der Waals surface area contributed by atoms with E-state index in [1.165, 1.54) is 17.8 Å². The van der Waals surface area contributed by atoms with Crippen molar-refractivity contribution in [3.63, 3.8) is 0 Å². The number of nitrogen functional groups attached to an aromatic ring is 1. The van der Waals surface area contributed by atoms with Gasteiger partial charge in [0, 0.05) is 17.4 Å². The highest BCUT2D eigenvalue weighted by atomic mass is 32.2. The van der Waals surface area contributed by atoms with Gasteiger partial charge in [-0.2, -0.15) is 15.0 Å². The summed E-state index contributed by atoms with van der Waals surface area (Å²) in [4.78, 5) is 31.5. The van der Waals surface area contributed by atoms with Crippen molar-refractivity contribution < 1.29 is 0 Å². The highest BCUT2D eigenvalue weighted by molar-refractivity contribution is 7.98. The number of nitrogens with two attached hydrogens (primary N) is 1. The molecule has 0 saturated carbocycles. The molecule has 2 heterocycles. The zero-order valence-corrected chi connectivity index (χ0v) is 15.1. The first kappa shape index (κ1) is 17.9. The molecular formula is C17H19N7OS. The van der Waals surface area contributed by atoms with E-state index in [9.17, 15) is 4.79 Å². The number of H-pyrrole nitrogens is 1. The Kier molecular flexibility index (Phi) is 5.80. The Hall–Kier alpha value is -2.94. The number of aryl methyl sites for hydroxylation is 1. The lowest BCUT2D eigenvalue weighted by atomic mass is 10.2. The molecule has 0 unspecified atom stereocenters. The first-order valence-electron chi connectivity index (χ1n) is 8.18. The third-order valence-corrected chi connectivity index (χ3v) is 4.22. The molecule has 0 aliphatic heterocycles. The molecule has 8 nitrogen and oxygen atoms in total. The maximum absolute atomic E-state index is 11.7. The summed E-state index contributed by atoms with van der Waals surface area (Å²) in [6.45, 7) is 2.05. The first-order valence-corrected chi connectivity index (χ1v) is 9.16. The van der Waals surface area contributed by atoms with Gasteiger partial charge in [0.2, 0.25) is 11.9 Å². The smallest absolute Gasteiger partial charge is 0.251 e. The molecular weight excluding hydrogens is 350 g/mol. The van der Waals surface area contributed by atoms with Crippen molar-refractivity contribution in [3.05, 3.63) is 58.3 Å². The van der Waals surface area contributed by atoms with E-state index in [4.69, 9.17) is 5.73 Å². The summed E-state index contributed by atoms with van der Waals surface area (Å²) >= 11 is 1.35. The van der Waals surface area contributed by atoms with Crippen LogP contribution in [0.4, 0.5) is 17.6 Å². The molecule has 0 saturated heterocycles. The number of aromatic amines is 1. The fourth-order valence-electron chi connectivity index (χ4n) is 2.28. The van der Waals surface area contributed by atoms with Gasteiger partial charge in [0.05, 0.1) is 5.75 Å². The van der Waals surface area contributed by atoms with E-state index in [-0.39, 0.29) is 11.5 Å². The monoisotopic (exact) mass is 369 g/mol. The van der Waals surface area contributed by atoms with E-state index in [0.717, 1.165) is 24.2 Å². The van der Waals surface area contributed by atoms with Gasteiger partial charge in [0.25, 0.3) is 5.56 Å². The second kappa shape index (κ2) is 8.43. The van der Waals surface area contributed by atoms with Gasteiger partial charge in [0.1, 0.15) is 5.82 Å². The van der Waals surface area contributed by atoms with E-state index >= 15 is 0 Å². The van der Waals surface area contributed by atoms with Gasteiger partial charge in [-0.05, 0) is 18.6 Å².